The molecule has 33 heavy (non-hydrogen) atoms. The molecule has 166 valence electrons. The summed E-state index contributed by atoms with van der Waals surface area (Å²) in [6.07, 6.45) is 1.60. The maximum Gasteiger partial charge on any atom is 0.363 e. The maximum absolute atomic E-state index is 12.3. The summed E-state index contributed by atoms with van der Waals surface area (Å²) in [4.78, 5) is 26.9. The molecular formula is C23H13Br2ClN2O5. The summed E-state index contributed by atoms with van der Waals surface area (Å²) in [5, 5.41) is 11.2. The van der Waals surface area contributed by atoms with Crippen LogP contribution in [0.1, 0.15) is 16.7 Å². The third-order valence-electron chi connectivity index (χ3n) is 4.58. The summed E-state index contributed by atoms with van der Waals surface area (Å²) in [7, 11) is 0. The minimum Gasteiger partial charge on any atom is -0.487 e. The molecule has 0 saturated heterocycles. The molecule has 4 rings (SSSR count). The van der Waals surface area contributed by atoms with E-state index in [1.54, 1.807) is 54.6 Å². The highest BCUT2D eigenvalue weighted by Crippen LogP contribution is 2.36. The number of nitro benzene ring substituents is 1. The maximum atomic E-state index is 12.3. The number of carbonyl (C=O) groups is 1. The smallest absolute Gasteiger partial charge is 0.363 e. The number of esters is 1. The van der Waals surface area contributed by atoms with Gasteiger partial charge in [0.2, 0.25) is 5.90 Å². The zero-order valence-corrected chi connectivity index (χ0v) is 20.6. The Morgan fingerprint density at radius 3 is 2.39 bits per heavy atom. The Balaban J connectivity index is 1.53. The highest BCUT2D eigenvalue weighted by Gasteiger charge is 2.25. The fourth-order valence-electron chi connectivity index (χ4n) is 2.99. The van der Waals surface area contributed by atoms with E-state index in [1.165, 1.54) is 12.1 Å². The van der Waals surface area contributed by atoms with E-state index >= 15 is 0 Å². The second-order valence-corrected chi connectivity index (χ2v) is 8.96. The van der Waals surface area contributed by atoms with Crippen LogP contribution in [0.25, 0.3) is 6.08 Å². The average Bonchev–Trinajstić information content (AvgIpc) is 3.13. The predicted molar refractivity (Wildman–Crippen MR) is 131 cm³/mol. The van der Waals surface area contributed by atoms with E-state index in [4.69, 9.17) is 21.1 Å². The molecule has 10 heteroatoms. The molecular weight excluding hydrogens is 580 g/mol. The number of rotatable bonds is 6. The minimum absolute atomic E-state index is 0.0179. The fraction of sp³-hybridized carbons (Fsp3) is 0.0435. The second-order valence-electron chi connectivity index (χ2n) is 6.84. The molecule has 3 aromatic carbocycles. The number of hydrogen-bond donors (Lipinski definition) is 0. The van der Waals surface area contributed by atoms with E-state index in [-0.39, 0.29) is 23.9 Å². The molecule has 1 aliphatic heterocycles. The van der Waals surface area contributed by atoms with Crippen LogP contribution in [0.2, 0.25) is 5.02 Å². The van der Waals surface area contributed by atoms with Gasteiger partial charge >= 0.3 is 5.97 Å². The molecule has 7 nitrogen and oxygen atoms in total. The SMILES string of the molecule is O=C1OC(c2ccccc2Cl)=N/C1=C\c1cc(Br)c(OCc2ccc([N+](=O)[O-])cc2)c(Br)c1. The van der Waals surface area contributed by atoms with Gasteiger partial charge < -0.3 is 9.47 Å². The number of nitrogens with zero attached hydrogens (tertiary/aromatic N) is 2. The molecule has 0 spiro atoms. The Morgan fingerprint density at radius 1 is 1.09 bits per heavy atom. The van der Waals surface area contributed by atoms with Gasteiger partial charge in [0.05, 0.1) is 24.5 Å². The summed E-state index contributed by atoms with van der Waals surface area (Å²) < 4.78 is 12.4. The first-order chi connectivity index (χ1) is 15.8. The van der Waals surface area contributed by atoms with Gasteiger partial charge in [-0.25, -0.2) is 9.79 Å². The summed E-state index contributed by atoms with van der Waals surface area (Å²) in [5.41, 5.74) is 2.16. The van der Waals surface area contributed by atoms with Gasteiger partial charge in [-0.15, -0.1) is 0 Å². The topological polar surface area (TPSA) is 91.0 Å². The minimum atomic E-state index is -0.573. The number of halogens is 3. The lowest BCUT2D eigenvalue weighted by Gasteiger charge is -2.11. The molecule has 0 aliphatic carbocycles. The first-order valence-electron chi connectivity index (χ1n) is 9.44. The van der Waals surface area contributed by atoms with Crippen LogP contribution in [0.3, 0.4) is 0 Å². The van der Waals surface area contributed by atoms with Crippen LogP contribution in [-0.4, -0.2) is 16.8 Å². The first kappa shape index (κ1) is 23.2. The van der Waals surface area contributed by atoms with Gasteiger partial charge in [0.25, 0.3) is 5.69 Å². The molecule has 0 radical (unpaired) electrons. The van der Waals surface area contributed by atoms with Gasteiger partial charge in [-0.05, 0) is 85.5 Å². The van der Waals surface area contributed by atoms with Crippen LogP contribution in [-0.2, 0) is 16.1 Å². The summed E-state index contributed by atoms with van der Waals surface area (Å²) in [5.74, 6) is 0.124. The number of aliphatic imine (C=N–C) groups is 1. The van der Waals surface area contributed by atoms with Gasteiger partial charge in [-0.3, -0.25) is 10.1 Å². The highest BCUT2D eigenvalue weighted by atomic mass is 79.9. The van der Waals surface area contributed by atoms with Crippen molar-refractivity contribution in [2.24, 2.45) is 4.99 Å². The lowest BCUT2D eigenvalue weighted by molar-refractivity contribution is -0.384. The standard InChI is InChI=1S/C23H13Br2ClN2O5/c24-17-9-14(11-20-23(29)33-22(27-20)16-3-1-2-4-19(16)26)10-18(25)21(17)32-12-13-5-7-15(8-6-13)28(30)31/h1-11H,12H2/b20-11-. The Hall–Kier alpha value is -3.01. The molecule has 1 aliphatic rings. The monoisotopic (exact) mass is 590 g/mol. The van der Waals surface area contributed by atoms with Crippen LogP contribution < -0.4 is 4.74 Å². The fourth-order valence-corrected chi connectivity index (χ4v) is 4.65. The highest BCUT2D eigenvalue weighted by molar-refractivity contribution is 9.11. The normalized spacial score (nSPS) is 14.2. The molecule has 0 unspecified atom stereocenters. The van der Waals surface area contributed by atoms with E-state index in [1.807, 2.05) is 0 Å². The van der Waals surface area contributed by atoms with Gasteiger partial charge in [0, 0.05) is 12.1 Å². The molecule has 0 aromatic heterocycles. The molecule has 0 atom stereocenters. The quantitative estimate of drug-likeness (QED) is 0.138. The predicted octanol–water partition coefficient (Wildman–Crippen LogP) is 6.70. The summed E-state index contributed by atoms with van der Waals surface area (Å²) in [6, 6.07) is 16.7. The van der Waals surface area contributed by atoms with E-state index in [9.17, 15) is 14.9 Å². The Labute approximate surface area is 210 Å². The number of hydrogen-bond acceptors (Lipinski definition) is 6. The summed E-state index contributed by atoms with van der Waals surface area (Å²) in [6.45, 7) is 0.216. The zero-order valence-electron chi connectivity index (χ0n) is 16.6. The van der Waals surface area contributed by atoms with Crippen molar-refractivity contribution in [3.05, 3.63) is 107 Å². The third-order valence-corrected chi connectivity index (χ3v) is 6.09. The number of cyclic esters (lactones) is 1. The number of non-ortho nitro benzene ring substituents is 1. The van der Waals surface area contributed by atoms with Gasteiger partial charge in [-0.2, -0.15) is 0 Å². The summed E-state index contributed by atoms with van der Waals surface area (Å²) >= 11 is 13.1. The largest absolute Gasteiger partial charge is 0.487 e. The van der Waals surface area contributed by atoms with E-state index in [2.05, 4.69) is 36.9 Å². The van der Waals surface area contributed by atoms with Crippen molar-refractivity contribution in [2.45, 2.75) is 6.61 Å². The number of ether oxygens (including phenoxy) is 2. The van der Waals surface area contributed by atoms with Crippen LogP contribution >= 0.6 is 43.5 Å². The average molecular weight is 593 g/mol. The number of nitro groups is 1. The van der Waals surface area contributed by atoms with Crippen LogP contribution in [0.5, 0.6) is 5.75 Å². The lowest BCUT2D eigenvalue weighted by atomic mass is 10.2. The van der Waals surface area contributed by atoms with Crippen molar-refractivity contribution in [3.63, 3.8) is 0 Å². The second kappa shape index (κ2) is 9.86. The molecule has 0 fully saturated rings. The lowest BCUT2D eigenvalue weighted by Crippen LogP contribution is -2.05. The van der Waals surface area contributed by atoms with Crippen LogP contribution in [0.4, 0.5) is 5.69 Å². The Morgan fingerprint density at radius 2 is 1.76 bits per heavy atom. The van der Waals surface area contributed by atoms with E-state index < -0.39 is 10.9 Å². The van der Waals surface area contributed by atoms with Gasteiger partial charge in [0.15, 0.2) is 5.70 Å². The van der Waals surface area contributed by atoms with E-state index in [0.717, 1.165) is 5.56 Å². The van der Waals surface area contributed by atoms with Gasteiger partial charge in [0.1, 0.15) is 12.4 Å². The first-order valence-corrected chi connectivity index (χ1v) is 11.4. The molecule has 3 aromatic rings. The van der Waals surface area contributed by atoms with Crippen molar-refractivity contribution in [1.29, 1.82) is 0 Å². The van der Waals surface area contributed by atoms with Crippen LogP contribution in [0, 0.1) is 10.1 Å². The molecule has 0 amide bonds. The van der Waals surface area contributed by atoms with Gasteiger partial charge in [-0.1, -0.05) is 23.7 Å². The Bertz CT molecular complexity index is 1300. The van der Waals surface area contributed by atoms with Crippen molar-refractivity contribution in [1.82, 2.24) is 0 Å². The van der Waals surface area contributed by atoms with Crippen molar-refractivity contribution >= 4 is 67.1 Å². The zero-order chi connectivity index (χ0) is 23.5. The third kappa shape index (κ3) is 5.32. The molecule has 1 heterocycles. The molecule has 0 N–H and O–H groups in total. The number of carbonyl (C=O) groups excluding carboxylic acids is 1. The van der Waals surface area contributed by atoms with Crippen molar-refractivity contribution in [3.8, 4) is 5.75 Å². The van der Waals surface area contributed by atoms with Crippen LogP contribution in [0.15, 0.2) is 80.3 Å². The Kier molecular flexibility index (Phi) is 6.92. The number of benzene rings is 3. The molecule has 0 bridgehead atoms. The van der Waals surface area contributed by atoms with E-state index in [0.29, 0.717) is 30.8 Å². The van der Waals surface area contributed by atoms with Crippen molar-refractivity contribution in [2.75, 3.05) is 0 Å². The molecule has 0 saturated carbocycles. The van der Waals surface area contributed by atoms with Crippen molar-refractivity contribution < 1.29 is 19.2 Å².